The Hall–Kier alpha value is -2.33. The van der Waals surface area contributed by atoms with E-state index in [2.05, 4.69) is 9.50 Å². The first-order valence-corrected chi connectivity index (χ1v) is 7.40. The monoisotopic (exact) mass is 333 g/mol. The van der Waals surface area contributed by atoms with E-state index < -0.39 is 28.8 Å². The molecule has 0 saturated carbocycles. The molecule has 3 N–H and O–H groups in total. The molecular weight excluding hydrogens is 318 g/mol. The van der Waals surface area contributed by atoms with Gasteiger partial charge >= 0.3 is 16.4 Å². The highest BCUT2D eigenvalue weighted by atomic mass is 32.3. The van der Waals surface area contributed by atoms with E-state index in [0.717, 1.165) is 0 Å². The maximum Gasteiger partial charge on any atom is 0.446 e. The van der Waals surface area contributed by atoms with Gasteiger partial charge in [0.2, 0.25) is 5.91 Å². The Morgan fingerprint density at radius 2 is 1.95 bits per heavy atom. The van der Waals surface area contributed by atoms with Gasteiger partial charge in [0.25, 0.3) is 0 Å². The normalized spacial score (nSPS) is 10.8. The molecule has 22 heavy (non-hydrogen) atoms. The maximum atomic E-state index is 11.4. The zero-order chi connectivity index (χ0) is 16.8. The summed E-state index contributed by atoms with van der Waals surface area (Å²) in [5.74, 6) is -1.69. The number of ether oxygens (including phenoxy) is 1. The summed E-state index contributed by atoms with van der Waals surface area (Å²) < 4.78 is 39.2. The van der Waals surface area contributed by atoms with E-state index in [1.165, 1.54) is 25.3 Å². The fourth-order valence-electron chi connectivity index (χ4n) is 1.57. The van der Waals surface area contributed by atoms with Gasteiger partial charge in [0.05, 0.1) is 7.11 Å². The molecule has 0 aliphatic rings. The Kier molecular flexibility index (Phi) is 6.13. The summed E-state index contributed by atoms with van der Waals surface area (Å²) in [4.78, 5) is 21.7. The van der Waals surface area contributed by atoms with Gasteiger partial charge in [-0.05, 0) is 24.1 Å². The van der Waals surface area contributed by atoms with E-state index in [0.29, 0.717) is 5.56 Å². The van der Waals surface area contributed by atoms with Gasteiger partial charge in [-0.15, -0.1) is 0 Å². The summed E-state index contributed by atoms with van der Waals surface area (Å²) in [6, 6.07) is 4.22. The van der Waals surface area contributed by atoms with Crippen LogP contribution in [-0.4, -0.2) is 43.6 Å². The number of hydrogen-bond acceptors (Lipinski definition) is 6. The van der Waals surface area contributed by atoms with Crippen LogP contribution >= 0.6 is 0 Å². The van der Waals surface area contributed by atoms with Crippen LogP contribution in [-0.2, 0) is 26.4 Å². The molecule has 0 radical (unpaired) electrons. The van der Waals surface area contributed by atoms with Crippen LogP contribution in [0.3, 0.4) is 0 Å². The van der Waals surface area contributed by atoms with Crippen molar-refractivity contribution in [3.05, 3.63) is 23.8 Å². The molecule has 0 aliphatic carbocycles. The molecule has 0 atom stereocenters. The number of benzene rings is 1. The molecule has 0 bridgehead atoms. The fraction of sp³-hybridized carbons (Fsp3) is 0.333. The lowest BCUT2D eigenvalue weighted by molar-refractivity contribution is -0.137. The van der Waals surface area contributed by atoms with Crippen molar-refractivity contribution in [3.63, 3.8) is 0 Å². The van der Waals surface area contributed by atoms with Crippen molar-refractivity contribution in [2.24, 2.45) is 0 Å². The molecule has 0 spiro atoms. The number of carboxylic acid groups (broad SMARTS) is 1. The zero-order valence-electron chi connectivity index (χ0n) is 11.6. The summed E-state index contributed by atoms with van der Waals surface area (Å²) in [5, 5.41) is 10.6. The van der Waals surface area contributed by atoms with Gasteiger partial charge in [0.1, 0.15) is 6.54 Å². The molecule has 0 fully saturated rings. The Labute approximate surface area is 126 Å². The fourth-order valence-corrected chi connectivity index (χ4v) is 1.93. The van der Waals surface area contributed by atoms with Crippen LogP contribution in [0.25, 0.3) is 0 Å². The summed E-state index contributed by atoms with van der Waals surface area (Å²) in [6.07, 6.45) is 0.336. The van der Waals surface area contributed by atoms with Gasteiger partial charge in [-0.3, -0.25) is 14.1 Å². The van der Waals surface area contributed by atoms with E-state index in [1.54, 1.807) is 0 Å². The van der Waals surface area contributed by atoms with Crippen LogP contribution in [0.15, 0.2) is 18.2 Å². The van der Waals surface area contributed by atoms with E-state index in [1.807, 2.05) is 0 Å². The largest absolute Gasteiger partial charge is 0.493 e. The number of carbonyl (C=O) groups is 2. The molecule has 0 heterocycles. The molecule has 10 heteroatoms. The molecule has 9 nitrogen and oxygen atoms in total. The minimum absolute atomic E-state index is 0.0505. The third-order valence-corrected chi connectivity index (χ3v) is 2.89. The lowest BCUT2D eigenvalue weighted by Gasteiger charge is -2.10. The van der Waals surface area contributed by atoms with Crippen molar-refractivity contribution >= 4 is 22.3 Å². The summed E-state index contributed by atoms with van der Waals surface area (Å²) in [7, 11) is -3.38. The summed E-state index contributed by atoms with van der Waals surface area (Å²) >= 11 is 0. The van der Waals surface area contributed by atoms with Crippen LogP contribution in [0.4, 0.5) is 0 Å². The Balaban J connectivity index is 2.69. The lowest BCUT2D eigenvalue weighted by atomic mass is 10.1. The van der Waals surface area contributed by atoms with Gasteiger partial charge in [0, 0.05) is 6.42 Å². The standard InChI is InChI=1S/C12H15NO8S/c1-20-10-6-8(2-4-9(10)21-22(17,18)19)3-5-11(14)13-7-12(15)16/h2,4,6H,3,5,7H2,1H3,(H,13,14)(H,15,16)(H,17,18,19). The molecule has 1 aromatic rings. The molecule has 1 aromatic carbocycles. The van der Waals surface area contributed by atoms with Gasteiger partial charge in [-0.1, -0.05) is 6.07 Å². The number of hydrogen-bond donors (Lipinski definition) is 3. The molecule has 0 unspecified atom stereocenters. The zero-order valence-corrected chi connectivity index (χ0v) is 12.4. The lowest BCUT2D eigenvalue weighted by Crippen LogP contribution is -2.29. The minimum atomic E-state index is -4.66. The molecular formula is C12H15NO8S. The average molecular weight is 333 g/mol. The SMILES string of the molecule is COc1cc(CCC(=O)NCC(=O)O)ccc1OS(=O)(=O)O. The van der Waals surface area contributed by atoms with Crippen LogP contribution in [0.5, 0.6) is 11.5 Å². The second kappa shape index (κ2) is 7.61. The summed E-state index contributed by atoms with van der Waals surface area (Å²) in [6.45, 7) is -0.455. The predicted molar refractivity (Wildman–Crippen MR) is 74.1 cm³/mol. The first-order chi connectivity index (χ1) is 10.2. The van der Waals surface area contributed by atoms with Crippen LogP contribution < -0.4 is 14.2 Å². The van der Waals surface area contributed by atoms with Crippen molar-refractivity contribution in [2.75, 3.05) is 13.7 Å². The van der Waals surface area contributed by atoms with Crippen molar-refractivity contribution < 1.29 is 36.6 Å². The third-order valence-electron chi connectivity index (χ3n) is 2.50. The van der Waals surface area contributed by atoms with E-state index in [4.69, 9.17) is 14.4 Å². The number of methoxy groups -OCH3 is 1. The van der Waals surface area contributed by atoms with Gasteiger partial charge in [0.15, 0.2) is 11.5 Å². The second-order valence-corrected chi connectivity index (χ2v) is 5.19. The van der Waals surface area contributed by atoms with Gasteiger partial charge in [-0.25, -0.2) is 0 Å². The molecule has 1 rings (SSSR count). The van der Waals surface area contributed by atoms with E-state index in [9.17, 15) is 18.0 Å². The molecule has 0 aliphatic heterocycles. The van der Waals surface area contributed by atoms with Gasteiger partial charge < -0.3 is 19.3 Å². The van der Waals surface area contributed by atoms with Crippen LogP contribution in [0.2, 0.25) is 0 Å². The number of nitrogens with one attached hydrogen (secondary N) is 1. The number of aryl methyl sites for hydroxylation is 1. The predicted octanol–water partition coefficient (Wildman–Crippen LogP) is 0.0102. The first-order valence-electron chi connectivity index (χ1n) is 6.03. The number of amides is 1. The molecule has 122 valence electrons. The Morgan fingerprint density at radius 3 is 2.50 bits per heavy atom. The molecule has 0 aromatic heterocycles. The van der Waals surface area contributed by atoms with Crippen molar-refractivity contribution in [2.45, 2.75) is 12.8 Å². The Bertz CT molecular complexity index is 655. The molecule has 0 saturated heterocycles. The van der Waals surface area contributed by atoms with E-state index in [-0.39, 0.29) is 24.3 Å². The second-order valence-electron chi connectivity index (χ2n) is 4.17. The molecule has 1 amide bonds. The van der Waals surface area contributed by atoms with E-state index >= 15 is 0 Å². The number of carboxylic acids is 1. The topological polar surface area (TPSA) is 139 Å². The number of aliphatic carboxylic acids is 1. The number of carbonyl (C=O) groups excluding carboxylic acids is 1. The van der Waals surface area contributed by atoms with Gasteiger partial charge in [-0.2, -0.15) is 8.42 Å². The maximum absolute atomic E-state index is 11.4. The van der Waals surface area contributed by atoms with Crippen LogP contribution in [0.1, 0.15) is 12.0 Å². The highest BCUT2D eigenvalue weighted by molar-refractivity contribution is 7.81. The Morgan fingerprint density at radius 1 is 1.27 bits per heavy atom. The first kappa shape index (κ1) is 17.7. The third kappa shape index (κ3) is 6.41. The smallest absolute Gasteiger partial charge is 0.446 e. The van der Waals surface area contributed by atoms with Crippen molar-refractivity contribution in [1.82, 2.24) is 5.32 Å². The van der Waals surface area contributed by atoms with Crippen LogP contribution in [0, 0.1) is 0 Å². The minimum Gasteiger partial charge on any atom is -0.493 e. The summed E-state index contributed by atoms with van der Waals surface area (Å²) in [5.41, 5.74) is 0.644. The quantitative estimate of drug-likeness (QED) is 0.565. The van der Waals surface area contributed by atoms with Crippen molar-refractivity contribution in [3.8, 4) is 11.5 Å². The average Bonchev–Trinajstić information content (AvgIpc) is 2.42. The van der Waals surface area contributed by atoms with Crippen molar-refractivity contribution in [1.29, 1.82) is 0 Å². The highest BCUT2D eigenvalue weighted by Crippen LogP contribution is 2.29. The number of rotatable bonds is 8. The highest BCUT2D eigenvalue weighted by Gasteiger charge is 2.13.